The molecule has 0 aromatic heterocycles. The standard InChI is InChI=1S/C30H36N6O2S/c1-2-36-28(19-25(20-32)29(37)34-15-13-31)39-27(30(36)38)10-14-33-26-9-5-6-22(18-26)11-16-35-17-12-23-7-3-4-8-24(23)21-35/h3-9,18,25,27-28,33H,2,10-12,14-17,19,21H2,1H3,(H,34,37). The highest BCUT2D eigenvalue weighted by atomic mass is 32.2. The van der Waals surface area contributed by atoms with E-state index in [9.17, 15) is 14.9 Å². The van der Waals surface area contributed by atoms with Crippen LogP contribution in [0, 0.1) is 28.6 Å². The molecule has 1 saturated heterocycles. The summed E-state index contributed by atoms with van der Waals surface area (Å²) in [4.78, 5) is 29.5. The van der Waals surface area contributed by atoms with Gasteiger partial charge in [-0.05, 0) is 55.0 Å². The van der Waals surface area contributed by atoms with Gasteiger partial charge in [-0.1, -0.05) is 36.4 Å². The van der Waals surface area contributed by atoms with E-state index in [1.165, 1.54) is 28.5 Å². The lowest BCUT2D eigenvalue weighted by molar-refractivity contribution is -0.131. The summed E-state index contributed by atoms with van der Waals surface area (Å²) in [5.74, 6) is -1.30. The third kappa shape index (κ3) is 7.53. The molecule has 3 unspecified atom stereocenters. The Morgan fingerprint density at radius 3 is 2.77 bits per heavy atom. The summed E-state index contributed by atoms with van der Waals surface area (Å²) >= 11 is 1.53. The Morgan fingerprint density at radius 2 is 2.00 bits per heavy atom. The van der Waals surface area contributed by atoms with E-state index >= 15 is 0 Å². The molecule has 4 rings (SSSR count). The summed E-state index contributed by atoms with van der Waals surface area (Å²) in [5, 5.41) is 23.6. The highest BCUT2D eigenvalue weighted by molar-refractivity contribution is 8.01. The molecule has 2 aromatic rings. The van der Waals surface area contributed by atoms with Crippen LogP contribution in [0.5, 0.6) is 0 Å². The third-order valence-corrected chi connectivity index (χ3v) is 8.94. The number of anilines is 1. The van der Waals surface area contributed by atoms with Crippen molar-refractivity contribution in [1.82, 2.24) is 15.1 Å². The van der Waals surface area contributed by atoms with Crippen molar-refractivity contribution in [2.24, 2.45) is 5.92 Å². The zero-order chi connectivity index (χ0) is 27.6. The Morgan fingerprint density at radius 1 is 1.18 bits per heavy atom. The number of hydrogen-bond acceptors (Lipinski definition) is 7. The van der Waals surface area contributed by atoms with Gasteiger partial charge in [0.05, 0.1) is 22.8 Å². The second kappa shape index (κ2) is 14.0. The largest absolute Gasteiger partial charge is 0.385 e. The maximum absolute atomic E-state index is 13.0. The Kier molecular flexibility index (Phi) is 10.2. The maximum Gasteiger partial charge on any atom is 0.238 e. The lowest BCUT2D eigenvalue weighted by Gasteiger charge is -2.28. The van der Waals surface area contributed by atoms with Crippen molar-refractivity contribution in [2.45, 2.75) is 49.8 Å². The number of thioether (sulfide) groups is 1. The van der Waals surface area contributed by atoms with Crippen LogP contribution in [0.3, 0.4) is 0 Å². The van der Waals surface area contributed by atoms with Crippen molar-refractivity contribution in [3.05, 3.63) is 65.2 Å². The minimum atomic E-state index is -0.892. The van der Waals surface area contributed by atoms with Crippen LogP contribution in [-0.2, 0) is 29.0 Å². The molecule has 2 amide bonds. The number of carbonyl (C=O) groups is 2. The number of benzene rings is 2. The van der Waals surface area contributed by atoms with Crippen LogP contribution < -0.4 is 10.6 Å². The molecule has 3 atom stereocenters. The third-order valence-electron chi connectivity index (χ3n) is 7.41. The molecule has 2 aromatic carbocycles. The van der Waals surface area contributed by atoms with Crippen molar-refractivity contribution in [2.75, 3.05) is 38.0 Å². The van der Waals surface area contributed by atoms with Gasteiger partial charge in [0.15, 0.2) is 0 Å². The Balaban J connectivity index is 1.24. The molecular weight excluding hydrogens is 508 g/mol. The fraction of sp³-hybridized carbons (Fsp3) is 0.467. The summed E-state index contributed by atoms with van der Waals surface area (Å²) in [6, 6.07) is 21.1. The van der Waals surface area contributed by atoms with E-state index < -0.39 is 11.8 Å². The SMILES string of the molecule is CCN1C(=O)C(CCNc2cccc(CCN3CCc4ccccc4C3)c2)SC1CC(C#N)C(=O)NCC#N. The molecule has 2 aliphatic heterocycles. The van der Waals surface area contributed by atoms with E-state index in [2.05, 4.69) is 64.1 Å². The van der Waals surface area contributed by atoms with Gasteiger partial charge in [-0.25, -0.2) is 0 Å². The van der Waals surface area contributed by atoms with E-state index in [4.69, 9.17) is 5.26 Å². The summed E-state index contributed by atoms with van der Waals surface area (Å²) in [6.45, 7) is 6.10. The zero-order valence-corrected chi connectivity index (χ0v) is 23.3. The van der Waals surface area contributed by atoms with Crippen molar-refractivity contribution >= 4 is 29.3 Å². The Labute approximate surface area is 235 Å². The lowest BCUT2D eigenvalue weighted by atomic mass is 9.99. The quantitative estimate of drug-likeness (QED) is 0.393. The summed E-state index contributed by atoms with van der Waals surface area (Å²) in [7, 11) is 0. The van der Waals surface area contributed by atoms with Gasteiger partial charge < -0.3 is 15.5 Å². The first kappa shape index (κ1) is 28.5. The molecular formula is C30H36N6O2S. The fourth-order valence-corrected chi connectivity index (χ4v) is 6.86. The van der Waals surface area contributed by atoms with Crippen LogP contribution in [0.25, 0.3) is 0 Å². The van der Waals surface area contributed by atoms with E-state index in [0.717, 1.165) is 38.2 Å². The molecule has 2 N–H and O–H groups in total. The van der Waals surface area contributed by atoms with Crippen molar-refractivity contribution in [3.8, 4) is 12.1 Å². The second-order valence-electron chi connectivity index (χ2n) is 9.96. The van der Waals surface area contributed by atoms with Gasteiger partial charge >= 0.3 is 0 Å². The average molecular weight is 545 g/mol. The monoisotopic (exact) mass is 544 g/mol. The molecule has 39 heavy (non-hydrogen) atoms. The first-order chi connectivity index (χ1) is 19.0. The topological polar surface area (TPSA) is 112 Å². The molecule has 0 aliphatic carbocycles. The molecule has 0 saturated carbocycles. The molecule has 2 aliphatic rings. The van der Waals surface area contributed by atoms with Crippen LogP contribution in [0.1, 0.15) is 36.5 Å². The van der Waals surface area contributed by atoms with Gasteiger partial charge in [0.2, 0.25) is 11.8 Å². The maximum atomic E-state index is 13.0. The smallest absolute Gasteiger partial charge is 0.238 e. The molecule has 0 spiro atoms. The number of nitrogens with one attached hydrogen (secondary N) is 2. The highest BCUT2D eigenvalue weighted by Gasteiger charge is 2.40. The first-order valence-electron chi connectivity index (χ1n) is 13.6. The van der Waals surface area contributed by atoms with Gasteiger partial charge in [-0.3, -0.25) is 14.5 Å². The van der Waals surface area contributed by atoms with Crippen LogP contribution in [0.2, 0.25) is 0 Å². The van der Waals surface area contributed by atoms with Crippen LogP contribution >= 0.6 is 11.8 Å². The summed E-state index contributed by atoms with van der Waals surface area (Å²) < 4.78 is 0. The number of rotatable bonds is 12. The van der Waals surface area contributed by atoms with Gasteiger partial charge in [0, 0.05) is 44.8 Å². The zero-order valence-electron chi connectivity index (χ0n) is 22.4. The number of carbonyl (C=O) groups excluding carboxylic acids is 2. The molecule has 0 radical (unpaired) electrons. The Bertz CT molecular complexity index is 1240. The number of amides is 2. The van der Waals surface area contributed by atoms with Crippen molar-refractivity contribution in [1.29, 1.82) is 10.5 Å². The molecule has 204 valence electrons. The minimum absolute atomic E-state index is 0.0558. The normalized spacial score (nSPS) is 19.6. The van der Waals surface area contributed by atoms with Gasteiger partial charge in [0.25, 0.3) is 0 Å². The Hall–Kier alpha value is -3.53. The highest BCUT2D eigenvalue weighted by Crippen LogP contribution is 2.37. The molecule has 8 nitrogen and oxygen atoms in total. The van der Waals surface area contributed by atoms with Gasteiger partial charge in [-0.2, -0.15) is 10.5 Å². The number of nitrogens with zero attached hydrogens (tertiary/aromatic N) is 4. The summed E-state index contributed by atoms with van der Waals surface area (Å²) in [5.41, 5.74) is 5.25. The van der Waals surface area contributed by atoms with Crippen LogP contribution in [-0.4, -0.2) is 65.0 Å². The van der Waals surface area contributed by atoms with Crippen LogP contribution in [0.4, 0.5) is 5.69 Å². The molecule has 0 bridgehead atoms. The van der Waals surface area contributed by atoms with Crippen molar-refractivity contribution in [3.63, 3.8) is 0 Å². The lowest BCUT2D eigenvalue weighted by Crippen LogP contribution is -2.38. The number of fused-ring (bicyclic) bond motifs is 1. The van der Waals surface area contributed by atoms with E-state index in [1.54, 1.807) is 4.90 Å². The predicted octanol–water partition coefficient (Wildman–Crippen LogP) is 3.55. The first-order valence-corrected chi connectivity index (χ1v) is 14.6. The van der Waals surface area contributed by atoms with E-state index in [0.29, 0.717) is 19.5 Å². The van der Waals surface area contributed by atoms with E-state index in [-0.39, 0.29) is 29.5 Å². The van der Waals surface area contributed by atoms with Crippen LogP contribution in [0.15, 0.2) is 48.5 Å². The predicted molar refractivity (Wildman–Crippen MR) is 154 cm³/mol. The number of hydrogen-bond donors (Lipinski definition) is 2. The van der Waals surface area contributed by atoms with Gasteiger partial charge in [-0.15, -0.1) is 11.8 Å². The van der Waals surface area contributed by atoms with Crippen molar-refractivity contribution < 1.29 is 9.59 Å². The average Bonchev–Trinajstić information content (AvgIpc) is 3.27. The summed E-state index contributed by atoms with van der Waals surface area (Å²) in [6.07, 6.45) is 3.01. The molecule has 9 heteroatoms. The molecule has 1 fully saturated rings. The fourth-order valence-electron chi connectivity index (χ4n) is 5.27. The molecule has 2 heterocycles. The number of nitriles is 2. The second-order valence-corrected chi connectivity index (χ2v) is 11.3. The van der Waals surface area contributed by atoms with Gasteiger partial charge in [0.1, 0.15) is 12.5 Å². The minimum Gasteiger partial charge on any atom is -0.385 e. The van der Waals surface area contributed by atoms with E-state index in [1.807, 2.05) is 19.1 Å².